The number of aryl methyl sites for hydroxylation is 1. The maximum absolute atomic E-state index is 13.8. The molecule has 1 fully saturated rings. The van der Waals surface area contributed by atoms with Crippen LogP contribution in [0.1, 0.15) is 63.0 Å². The molecule has 9 heteroatoms. The quantitative estimate of drug-likeness (QED) is 0.529. The van der Waals surface area contributed by atoms with Crippen LogP contribution in [0.25, 0.3) is 10.9 Å². The molecule has 38 heavy (non-hydrogen) atoms. The fourth-order valence-electron chi connectivity index (χ4n) is 5.79. The van der Waals surface area contributed by atoms with Crippen LogP contribution in [0.4, 0.5) is 4.79 Å². The van der Waals surface area contributed by atoms with E-state index in [0.29, 0.717) is 12.8 Å². The van der Waals surface area contributed by atoms with Gasteiger partial charge in [-0.2, -0.15) is 0 Å². The molecule has 2 N–H and O–H groups in total. The van der Waals surface area contributed by atoms with Crippen LogP contribution in [0, 0.1) is 17.3 Å². The largest absolute Gasteiger partial charge is 0.444 e. The first kappa shape index (κ1) is 26.1. The lowest BCUT2D eigenvalue weighted by atomic mass is 9.76. The van der Waals surface area contributed by atoms with Gasteiger partial charge in [0.15, 0.2) is 12.5 Å². The molecule has 1 amide bonds. The Morgan fingerprint density at radius 3 is 2.68 bits per heavy atom. The zero-order valence-corrected chi connectivity index (χ0v) is 22.9. The highest BCUT2D eigenvalue weighted by molar-refractivity contribution is 6.11. The van der Waals surface area contributed by atoms with E-state index in [1.165, 1.54) is 0 Å². The molecule has 0 saturated heterocycles. The number of hydrogen-bond acceptors (Lipinski definition) is 7. The third-order valence-corrected chi connectivity index (χ3v) is 8.13. The first-order chi connectivity index (χ1) is 18.0. The van der Waals surface area contributed by atoms with Gasteiger partial charge in [0.05, 0.1) is 5.41 Å². The third kappa shape index (κ3) is 4.86. The predicted molar refractivity (Wildman–Crippen MR) is 143 cm³/mol. The van der Waals surface area contributed by atoms with E-state index < -0.39 is 17.1 Å². The van der Waals surface area contributed by atoms with Crippen LogP contribution < -0.4 is 10.6 Å². The van der Waals surface area contributed by atoms with Crippen molar-refractivity contribution in [2.45, 2.75) is 65.1 Å². The van der Waals surface area contributed by atoms with Gasteiger partial charge in [0.1, 0.15) is 11.8 Å². The first-order valence-electron chi connectivity index (χ1n) is 13.4. The summed E-state index contributed by atoms with van der Waals surface area (Å²) in [5, 5.41) is 7.08. The molecule has 1 aromatic carbocycles. The predicted octanol–water partition coefficient (Wildman–Crippen LogP) is 4.07. The van der Waals surface area contributed by atoms with Crippen LogP contribution in [0.5, 0.6) is 0 Å². The second kappa shape index (κ2) is 9.67. The number of ether oxygens (including phenoxy) is 2. The highest BCUT2D eigenvalue weighted by Crippen LogP contribution is 2.46. The number of benzene rings is 1. The second-order valence-electron chi connectivity index (χ2n) is 11.9. The van der Waals surface area contributed by atoms with Crippen molar-refractivity contribution in [1.29, 1.82) is 0 Å². The van der Waals surface area contributed by atoms with Gasteiger partial charge in [0.2, 0.25) is 0 Å². The number of para-hydroxylation sites is 1. The summed E-state index contributed by atoms with van der Waals surface area (Å²) in [6.07, 6.45) is 5.96. The van der Waals surface area contributed by atoms with Gasteiger partial charge in [-0.1, -0.05) is 25.1 Å². The molecule has 1 saturated carbocycles. The summed E-state index contributed by atoms with van der Waals surface area (Å²) in [7, 11) is 2.03. The van der Waals surface area contributed by atoms with E-state index >= 15 is 0 Å². The van der Waals surface area contributed by atoms with Crippen LogP contribution in [-0.4, -0.2) is 52.4 Å². The Morgan fingerprint density at radius 2 is 1.97 bits per heavy atom. The van der Waals surface area contributed by atoms with Crippen LogP contribution in [0.3, 0.4) is 0 Å². The molecule has 5 rings (SSSR count). The molecule has 2 unspecified atom stereocenters. The number of alkyl carbamates (subject to hydrolysis) is 1. The summed E-state index contributed by atoms with van der Waals surface area (Å²) in [6.45, 7) is 7.75. The zero-order chi connectivity index (χ0) is 27.2. The minimum absolute atomic E-state index is 0.00737. The molecule has 2 heterocycles. The monoisotopic (exact) mass is 522 g/mol. The fourth-order valence-corrected chi connectivity index (χ4v) is 5.79. The van der Waals surface area contributed by atoms with Gasteiger partial charge in [0.25, 0.3) is 0 Å². The SMILES string of the molecule is CC(C1NC=CN1COC(=O)C1(CNC(=O)OC(C)(C)C)CC1)[C@H]1CCc2c(c3ccccc3n2C)C1=O. The number of ketones is 1. The van der Waals surface area contributed by atoms with E-state index in [9.17, 15) is 14.4 Å². The lowest BCUT2D eigenvalue weighted by molar-refractivity contribution is -0.155. The Kier molecular flexibility index (Phi) is 6.65. The number of hydrogen-bond donors (Lipinski definition) is 2. The zero-order valence-electron chi connectivity index (χ0n) is 22.9. The van der Waals surface area contributed by atoms with Crippen molar-refractivity contribution in [2.24, 2.45) is 24.3 Å². The number of nitrogens with one attached hydrogen (secondary N) is 2. The smallest absolute Gasteiger partial charge is 0.407 e. The van der Waals surface area contributed by atoms with E-state index in [4.69, 9.17) is 9.47 Å². The molecular weight excluding hydrogens is 484 g/mol. The van der Waals surface area contributed by atoms with E-state index in [-0.39, 0.29) is 43.0 Å². The average molecular weight is 523 g/mol. The molecular formula is C29H38N4O5. The maximum Gasteiger partial charge on any atom is 0.407 e. The number of carbonyl (C=O) groups is 3. The fraction of sp³-hybridized carbons (Fsp3) is 0.552. The Bertz CT molecular complexity index is 1290. The number of aromatic nitrogens is 1. The number of carbonyl (C=O) groups excluding carboxylic acids is 3. The minimum atomic E-state index is -0.695. The van der Waals surface area contributed by atoms with E-state index in [1.54, 1.807) is 20.8 Å². The minimum Gasteiger partial charge on any atom is -0.444 e. The molecule has 3 atom stereocenters. The standard InChI is InChI=1S/C29H38N4O5/c1-18(19-10-11-22-23(24(19)34)20-8-6-7-9-21(20)32(22)5)25-30-14-15-33(25)17-37-26(35)29(12-13-29)16-31-27(36)38-28(2,3)4/h6-9,14-15,18-19,25,30H,10-13,16-17H2,1-5H3,(H,31,36)/t18?,19-,25?/m1/s1. The van der Waals surface area contributed by atoms with Gasteiger partial charge in [-0.3, -0.25) is 9.59 Å². The maximum atomic E-state index is 13.8. The van der Waals surface area contributed by atoms with Crippen LogP contribution in [-0.2, 0) is 27.7 Å². The Balaban J connectivity index is 1.20. The molecule has 2 aliphatic carbocycles. The topological polar surface area (TPSA) is 102 Å². The number of Topliss-reactive ketones (excluding diaryl/α,β-unsaturated/α-hetero) is 1. The lowest BCUT2D eigenvalue weighted by Gasteiger charge is -2.36. The van der Waals surface area contributed by atoms with Gasteiger partial charge < -0.3 is 29.6 Å². The van der Waals surface area contributed by atoms with Crippen LogP contribution >= 0.6 is 0 Å². The van der Waals surface area contributed by atoms with Crippen molar-refractivity contribution in [2.75, 3.05) is 13.3 Å². The molecule has 3 aliphatic rings. The number of esters is 1. The van der Waals surface area contributed by atoms with Gasteiger partial charge in [-0.05, 0) is 52.5 Å². The van der Waals surface area contributed by atoms with Crippen LogP contribution in [0.2, 0.25) is 0 Å². The number of fused-ring (bicyclic) bond motifs is 3. The van der Waals surface area contributed by atoms with Crippen molar-refractivity contribution in [1.82, 2.24) is 20.1 Å². The molecule has 9 nitrogen and oxygen atoms in total. The summed E-state index contributed by atoms with van der Waals surface area (Å²) in [6, 6.07) is 8.08. The van der Waals surface area contributed by atoms with Gasteiger partial charge in [-0.25, -0.2) is 4.79 Å². The molecule has 204 valence electrons. The van der Waals surface area contributed by atoms with E-state index in [0.717, 1.165) is 35.0 Å². The number of nitrogens with zero attached hydrogens (tertiary/aromatic N) is 2. The molecule has 0 radical (unpaired) electrons. The summed E-state index contributed by atoms with van der Waals surface area (Å²) < 4.78 is 13.1. The van der Waals surface area contributed by atoms with Gasteiger partial charge >= 0.3 is 12.1 Å². The molecule has 0 bridgehead atoms. The van der Waals surface area contributed by atoms with Gasteiger partial charge in [-0.15, -0.1) is 0 Å². The molecule has 2 aromatic rings. The normalized spacial score (nSPS) is 22.6. The van der Waals surface area contributed by atoms with Crippen molar-refractivity contribution in [3.63, 3.8) is 0 Å². The van der Waals surface area contributed by atoms with Crippen molar-refractivity contribution < 1.29 is 23.9 Å². The average Bonchev–Trinajstić information content (AvgIpc) is 3.42. The summed E-state index contributed by atoms with van der Waals surface area (Å²) in [5.74, 6) is -0.288. The lowest BCUT2D eigenvalue weighted by Crippen LogP contribution is -2.47. The first-order valence-corrected chi connectivity index (χ1v) is 13.4. The highest BCUT2D eigenvalue weighted by atomic mass is 16.6. The van der Waals surface area contributed by atoms with Crippen molar-refractivity contribution >= 4 is 28.7 Å². The van der Waals surface area contributed by atoms with Crippen molar-refractivity contribution in [3.8, 4) is 0 Å². The van der Waals surface area contributed by atoms with Gasteiger partial charge in [0, 0.05) is 60.0 Å². The highest BCUT2D eigenvalue weighted by Gasteiger charge is 2.52. The Labute approximate surface area is 223 Å². The summed E-state index contributed by atoms with van der Waals surface area (Å²) >= 11 is 0. The molecule has 1 aromatic heterocycles. The van der Waals surface area contributed by atoms with Crippen molar-refractivity contribution in [3.05, 3.63) is 47.9 Å². The Morgan fingerprint density at radius 1 is 1.24 bits per heavy atom. The third-order valence-electron chi connectivity index (χ3n) is 8.13. The molecule has 1 aliphatic heterocycles. The van der Waals surface area contributed by atoms with E-state index in [2.05, 4.69) is 28.2 Å². The summed E-state index contributed by atoms with van der Waals surface area (Å²) in [4.78, 5) is 40.7. The second-order valence-corrected chi connectivity index (χ2v) is 11.9. The Hall–Kier alpha value is -3.49. The number of amides is 1. The van der Waals surface area contributed by atoms with E-state index in [1.807, 2.05) is 42.5 Å². The summed E-state index contributed by atoms with van der Waals surface area (Å²) in [5.41, 5.74) is 1.75. The number of rotatable bonds is 7. The van der Waals surface area contributed by atoms with Crippen LogP contribution in [0.15, 0.2) is 36.7 Å². The molecule has 0 spiro atoms.